The van der Waals surface area contributed by atoms with Crippen LogP contribution in [0.1, 0.15) is 74.3 Å². The van der Waals surface area contributed by atoms with Crippen molar-refractivity contribution in [3.8, 4) is 28.8 Å². The molecule has 0 bridgehead atoms. The minimum atomic E-state index is -0.240. The maximum Gasteiger partial charge on any atom is 0.272 e. The van der Waals surface area contributed by atoms with Crippen LogP contribution in [0.2, 0.25) is 0 Å². The molecule has 0 unspecified atom stereocenters. The van der Waals surface area contributed by atoms with Gasteiger partial charge in [-0.25, -0.2) is 0 Å². The Morgan fingerprint density at radius 1 is 1.14 bits per heavy atom. The first-order chi connectivity index (χ1) is 17.1. The van der Waals surface area contributed by atoms with Crippen molar-refractivity contribution in [2.75, 3.05) is 33.9 Å². The monoisotopic (exact) mass is 479 g/mol. The number of nitriles is 1. The van der Waals surface area contributed by atoms with Crippen molar-refractivity contribution < 1.29 is 14.3 Å². The Balaban J connectivity index is 1.59. The van der Waals surface area contributed by atoms with Crippen LogP contribution in [0.15, 0.2) is 24.3 Å². The highest BCUT2D eigenvalue weighted by molar-refractivity contribution is 5.94. The Morgan fingerprint density at radius 2 is 1.83 bits per heavy atom. The van der Waals surface area contributed by atoms with E-state index in [2.05, 4.69) is 16.3 Å². The van der Waals surface area contributed by atoms with Gasteiger partial charge >= 0.3 is 0 Å². The quantitative estimate of drug-likeness (QED) is 0.537. The zero-order valence-corrected chi connectivity index (χ0v) is 21.0. The van der Waals surface area contributed by atoms with Gasteiger partial charge in [0.15, 0.2) is 5.69 Å². The van der Waals surface area contributed by atoms with Crippen LogP contribution in [0.4, 0.5) is 0 Å². The fourth-order valence-electron chi connectivity index (χ4n) is 5.34. The minimum Gasteiger partial charge on any atom is -0.496 e. The van der Waals surface area contributed by atoms with Gasteiger partial charge < -0.3 is 19.7 Å². The molecule has 8 nitrogen and oxygen atoms in total. The number of hydrogen-bond donors (Lipinski definition) is 1. The largest absolute Gasteiger partial charge is 0.496 e. The lowest BCUT2D eigenvalue weighted by Crippen LogP contribution is -2.39. The predicted molar refractivity (Wildman–Crippen MR) is 135 cm³/mol. The molecule has 1 saturated heterocycles. The normalized spacial score (nSPS) is 17.6. The van der Waals surface area contributed by atoms with E-state index in [0.29, 0.717) is 17.2 Å². The number of carbonyl (C=O) groups is 1. The third kappa shape index (κ3) is 5.96. The Morgan fingerprint density at radius 3 is 2.46 bits per heavy atom. The number of ether oxygens (including phenoxy) is 2. The zero-order valence-electron chi connectivity index (χ0n) is 21.0. The maximum atomic E-state index is 13.3. The summed E-state index contributed by atoms with van der Waals surface area (Å²) in [4.78, 5) is 15.8. The Bertz CT molecular complexity index is 1010. The molecule has 1 amide bonds. The summed E-state index contributed by atoms with van der Waals surface area (Å²) in [6.45, 7) is 3.10. The van der Waals surface area contributed by atoms with Gasteiger partial charge in [-0.2, -0.15) is 10.4 Å². The van der Waals surface area contributed by atoms with E-state index in [1.165, 1.54) is 19.3 Å². The van der Waals surface area contributed by atoms with Crippen molar-refractivity contribution in [1.82, 2.24) is 20.0 Å². The van der Waals surface area contributed by atoms with Crippen LogP contribution < -0.4 is 14.8 Å². The summed E-state index contributed by atoms with van der Waals surface area (Å²) in [5, 5.41) is 17.2. The number of rotatable bonds is 10. The summed E-state index contributed by atoms with van der Waals surface area (Å²) >= 11 is 0. The van der Waals surface area contributed by atoms with Crippen LogP contribution in [0.3, 0.4) is 0 Å². The lowest BCUT2D eigenvalue weighted by atomic mass is 10.1. The second-order valence-electron chi connectivity index (χ2n) is 9.56. The van der Waals surface area contributed by atoms with Crippen molar-refractivity contribution >= 4 is 5.91 Å². The highest BCUT2D eigenvalue weighted by Crippen LogP contribution is 2.41. The number of carbonyl (C=O) groups excluding carboxylic acids is 1. The molecule has 4 rings (SSSR count). The Kier molecular flexibility index (Phi) is 8.64. The third-order valence-corrected chi connectivity index (χ3v) is 7.24. The van der Waals surface area contributed by atoms with E-state index in [1.54, 1.807) is 14.2 Å². The summed E-state index contributed by atoms with van der Waals surface area (Å²) < 4.78 is 13.3. The molecule has 1 N–H and O–H groups in total. The smallest absolute Gasteiger partial charge is 0.272 e. The molecule has 2 fully saturated rings. The van der Waals surface area contributed by atoms with Crippen LogP contribution in [0.25, 0.3) is 11.3 Å². The van der Waals surface area contributed by atoms with E-state index in [1.807, 2.05) is 28.9 Å². The number of methoxy groups -OCH3 is 2. The van der Waals surface area contributed by atoms with E-state index in [9.17, 15) is 10.1 Å². The Labute approximate surface area is 208 Å². The van der Waals surface area contributed by atoms with Gasteiger partial charge in [-0.1, -0.05) is 25.3 Å². The van der Waals surface area contributed by atoms with E-state index >= 15 is 0 Å². The first kappa shape index (κ1) is 25.1. The number of likely N-dealkylation sites (tertiary alicyclic amines) is 1. The topological polar surface area (TPSA) is 92.4 Å². The summed E-state index contributed by atoms with van der Waals surface area (Å²) in [6.07, 6.45) is 9.14. The van der Waals surface area contributed by atoms with Gasteiger partial charge in [0.25, 0.3) is 5.91 Å². The molecular weight excluding hydrogens is 442 g/mol. The van der Waals surface area contributed by atoms with Gasteiger partial charge in [-0.3, -0.25) is 9.48 Å². The maximum absolute atomic E-state index is 13.3. The van der Waals surface area contributed by atoms with Crippen LogP contribution in [0.5, 0.6) is 11.5 Å². The molecule has 2 aliphatic rings. The number of nitrogens with one attached hydrogen (secondary N) is 1. The summed E-state index contributed by atoms with van der Waals surface area (Å²) in [7, 11) is 3.27. The molecule has 1 aromatic carbocycles. The predicted octanol–water partition coefficient (Wildman–Crippen LogP) is 4.57. The standard InChI is InChI=1S/C27H37N5O3/c1-34-24-11-8-12-25(35-2)26(24)23-19-22(30-32(23)21-9-4-5-10-21)27(33)29-20(13-15-28)14-18-31-16-6-3-7-17-31/h8,11-12,19-21H,3-7,9-10,13-14,16-18H2,1-2H3,(H,29,33)/t20-/m1/s1. The first-order valence-electron chi connectivity index (χ1n) is 12.9. The van der Waals surface area contributed by atoms with Gasteiger partial charge in [0.05, 0.1) is 44.0 Å². The number of nitrogens with zero attached hydrogens (tertiary/aromatic N) is 4. The number of amides is 1. The third-order valence-electron chi connectivity index (χ3n) is 7.24. The average Bonchev–Trinajstić information content (AvgIpc) is 3.57. The highest BCUT2D eigenvalue weighted by Gasteiger charge is 2.28. The van der Waals surface area contributed by atoms with Crippen LogP contribution in [-0.2, 0) is 0 Å². The number of piperidine rings is 1. The van der Waals surface area contributed by atoms with Gasteiger partial charge in [-0.15, -0.1) is 0 Å². The SMILES string of the molecule is COc1cccc(OC)c1-c1cc(C(=O)N[C@H](CC#N)CCN2CCCCC2)nn1C1CCCC1. The first-order valence-corrected chi connectivity index (χ1v) is 12.9. The second kappa shape index (κ2) is 12.1. The zero-order chi connectivity index (χ0) is 24.6. The molecule has 188 valence electrons. The second-order valence-corrected chi connectivity index (χ2v) is 9.56. The van der Waals surface area contributed by atoms with Crippen LogP contribution >= 0.6 is 0 Å². The fourth-order valence-corrected chi connectivity index (χ4v) is 5.34. The van der Waals surface area contributed by atoms with Crippen molar-refractivity contribution in [3.05, 3.63) is 30.0 Å². The van der Waals surface area contributed by atoms with E-state index in [4.69, 9.17) is 14.6 Å². The lowest BCUT2D eigenvalue weighted by Gasteiger charge is -2.28. The van der Waals surface area contributed by atoms with E-state index < -0.39 is 0 Å². The molecule has 35 heavy (non-hydrogen) atoms. The molecule has 2 aromatic rings. The molecule has 2 heterocycles. The molecule has 0 spiro atoms. The number of aromatic nitrogens is 2. The van der Waals surface area contributed by atoms with E-state index in [-0.39, 0.29) is 24.4 Å². The van der Waals surface area contributed by atoms with Gasteiger partial charge in [-0.05, 0) is 63.4 Å². The molecule has 8 heteroatoms. The summed E-state index contributed by atoms with van der Waals surface area (Å²) in [5.74, 6) is 1.12. The molecule has 1 saturated carbocycles. The minimum absolute atomic E-state index is 0.199. The van der Waals surface area contributed by atoms with Crippen molar-refractivity contribution in [2.45, 2.75) is 69.9 Å². The average molecular weight is 480 g/mol. The lowest BCUT2D eigenvalue weighted by molar-refractivity contribution is 0.0925. The molecule has 0 radical (unpaired) electrons. The van der Waals surface area contributed by atoms with Gasteiger partial charge in [0.1, 0.15) is 11.5 Å². The van der Waals surface area contributed by atoms with E-state index in [0.717, 1.165) is 63.0 Å². The molecule has 1 aliphatic carbocycles. The van der Waals surface area contributed by atoms with Crippen molar-refractivity contribution in [1.29, 1.82) is 5.26 Å². The molecule has 1 atom stereocenters. The number of hydrogen-bond acceptors (Lipinski definition) is 6. The highest BCUT2D eigenvalue weighted by atomic mass is 16.5. The van der Waals surface area contributed by atoms with Gasteiger partial charge in [0.2, 0.25) is 0 Å². The molecular formula is C27H37N5O3. The van der Waals surface area contributed by atoms with Crippen LogP contribution in [-0.4, -0.2) is 60.5 Å². The van der Waals surface area contributed by atoms with Gasteiger partial charge in [0, 0.05) is 12.6 Å². The summed E-state index contributed by atoms with van der Waals surface area (Å²) in [5.41, 5.74) is 1.98. The fraction of sp³-hybridized carbons (Fsp3) is 0.593. The summed E-state index contributed by atoms with van der Waals surface area (Å²) in [6, 6.07) is 9.79. The number of benzene rings is 1. The van der Waals surface area contributed by atoms with Crippen molar-refractivity contribution in [3.63, 3.8) is 0 Å². The molecule has 1 aliphatic heterocycles. The Hall–Kier alpha value is -3.05. The van der Waals surface area contributed by atoms with Crippen molar-refractivity contribution in [2.24, 2.45) is 0 Å². The molecule has 1 aromatic heterocycles. The van der Waals surface area contributed by atoms with Crippen LogP contribution in [0, 0.1) is 11.3 Å².